The summed E-state index contributed by atoms with van der Waals surface area (Å²) in [7, 11) is 0. The molecule has 1 atom stereocenters. The molecule has 2 amide bonds. The van der Waals surface area contributed by atoms with Gasteiger partial charge in [0.05, 0.1) is 17.2 Å². The number of amides is 2. The van der Waals surface area contributed by atoms with Crippen molar-refractivity contribution in [3.05, 3.63) is 24.2 Å². The summed E-state index contributed by atoms with van der Waals surface area (Å²) in [5, 5.41) is 0. The van der Waals surface area contributed by atoms with E-state index in [-0.39, 0.29) is 17.2 Å². The predicted molar refractivity (Wildman–Crippen MR) is 80.2 cm³/mol. The van der Waals surface area contributed by atoms with Gasteiger partial charge in [0.25, 0.3) is 5.91 Å². The maximum absolute atomic E-state index is 12.9. The smallest absolute Gasteiger partial charge is 0.257 e. The van der Waals surface area contributed by atoms with E-state index in [2.05, 4.69) is 4.90 Å². The van der Waals surface area contributed by atoms with Gasteiger partial charge in [-0.05, 0) is 44.1 Å². The van der Waals surface area contributed by atoms with E-state index in [0.717, 1.165) is 38.3 Å². The van der Waals surface area contributed by atoms with Crippen molar-refractivity contribution in [3.8, 4) is 0 Å². The largest absolute Gasteiger partial charge is 0.472 e. The first-order valence-electron chi connectivity index (χ1n) is 8.29. The quantitative estimate of drug-likeness (QED) is 0.859. The highest BCUT2D eigenvalue weighted by Crippen LogP contribution is 2.42. The van der Waals surface area contributed by atoms with E-state index in [1.54, 1.807) is 6.07 Å². The Labute approximate surface area is 130 Å². The van der Waals surface area contributed by atoms with Crippen molar-refractivity contribution in [1.82, 2.24) is 9.80 Å². The van der Waals surface area contributed by atoms with Gasteiger partial charge in [-0.25, -0.2) is 0 Å². The standard InChI is InChI=1S/C17H22N2O3/c20-15(14-4-9-22-11-14)19-8-6-17(12-19)5-1-7-18(16(17)21)10-13-2-3-13/h4,9,11,13H,1-3,5-8,10,12H2. The minimum atomic E-state index is -0.327. The van der Waals surface area contributed by atoms with E-state index < -0.39 is 0 Å². The zero-order chi connectivity index (χ0) is 15.2. The number of likely N-dealkylation sites (tertiary alicyclic amines) is 2. The molecule has 118 valence electrons. The van der Waals surface area contributed by atoms with Gasteiger partial charge in [-0.3, -0.25) is 9.59 Å². The molecule has 3 aliphatic rings. The summed E-state index contributed by atoms with van der Waals surface area (Å²) in [6, 6.07) is 1.69. The normalized spacial score (nSPS) is 28.6. The minimum Gasteiger partial charge on any atom is -0.472 e. The van der Waals surface area contributed by atoms with Gasteiger partial charge >= 0.3 is 0 Å². The number of carbonyl (C=O) groups excluding carboxylic acids is 2. The molecular formula is C17H22N2O3. The van der Waals surface area contributed by atoms with Crippen molar-refractivity contribution in [1.29, 1.82) is 0 Å². The van der Waals surface area contributed by atoms with E-state index >= 15 is 0 Å². The van der Waals surface area contributed by atoms with Gasteiger partial charge in [0.2, 0.25) is 5.91 Å². The molecule has 5 heteroatoms. The van der Waals surface area contributed by atoms with Crippen LogP contribution in [-0.4, -0.2) is 47.8 Å². The molecule has 2 saturated heterocycles. The average Bonchev–Trinajstić information content (AvgIpc) is 3.03. The molecule has 1 spiro atoms. The molecule has 1 unspecified atom stereocenters. The highest BCUT2D eigenvalue weighted by atomic mass is 16.3. The van der Waals surface area contributed by atoms with E-state index in [1.165, 1.54) is 25.4 Å². The minimum absolute atomic E-state index is 0.0160. The van der Waals surface area contributed by atoms with Crippen LogP contribution in [0.4, 0.5) is 0 Å². The van der Waals surface area contributed by atoms with Gasteiger partial charge in [-0.15, -0.1) is 0 Å². The molecule has 0 bridgehead atoms. The molecule has 1 aliphatic carbocycles. The molecule has 0 radical (unpaired) electrons. The summed E-state index contributed by atoms with van der Waals surface area (Å²) < 4.78 is 5.00. The highest BCUT2D eigenvalue weighted by Gasteiger charge is 2.50. The van der Waals surface area contributed by atoms with Crippen LogP contribution in [-0.2, 0) is 4.79 Å². The Morgan fingerprint density at radius 1 is 1.32 bits per heavy atom. The molecule has 0 aromatic carbocycles. The molecule has 4 rings (SSSR count). The van der Waals surface area contributed by atoms with Gasteiger partial charge in [-0.2, -0.15) is 0 Å². The fourth-order valence-electron chi connectivity index (χ4n) is 3.93. The maximum atomic E-state index is 12.9. The van der Waals surface area contributed by atoms with Crippen molar-refractivity contribution in [3.63, 3.8) is 0 Å². The highest BCUT2D eigenvalue weighted by molar-refractivity contribution is 5.95. The number of hydrogen-bond donors (Lipinski definition) is 0. The first kappa shape index (κ1) is 13.9. The van der Waals surface area contributed by atoms with Crippen LogP contribution in [0.5, 0.6) is 0 Å². The van der Waals surface area contributed by atoms with E-state index in [4.69, 9.17) is 4.42 Å². The second-order valence-electron chi connectivity index (χ2n) is 7.07. The summed E-state index contributed by atoms with van der Waals surface area (Å²) in [5.74, 6) is 0.995. The Hall–Kier alpha value is -1.78. The van der Waals surface area contributed by atoms with Crippen molar-refractivity contribution in [2.75, 3.05) is 26.2 Å². The van der Waals surface area contributed by atoms with Crippen LogP contribution in [0.15, 0.2) is 23.0 Å². The summed E-state index contributed by atoms with van der Waals surface area (Å²) in [4.78, 5) is 29.3. The summed E-state index contributed by atoms with van der Waals surface area (Å²) in [5.41, 5.74) is 0.252. The number of hydrogen-bond acceptors (Lipinski definition) is 3. The van der Waals surface area contributed by atoms with Gasteiger partial charge in [0.15, 0.2) is 0 Å². The molecule has 1 aromatic rings. The number of carbonyl (C=O) groups is 2. The number of rotatable bonds is 3. The average molecular weight is 302 g/mol. The lowest BCUT2D eigenvalue weighted by molar-refractivity contribution is -0.145. The molecule has 0 N–H and O–H groups in total. The maximum Gasteiger partial charge on any atom is 0.257 e. The second kappa shape index (κ2) is 5.14. The van der Waals surface area contributed by atoms with Crippen molar-refractivity contribution in [2.24, 2.45) is 11.3 Å². The van der Waals surface area contributed by atoms with E-state index in [0.29, 0.717) is 18.7 Å². The van der Waals surface area contributed by atoms with Gasteiger partial charge in [0.1, 0.15) is 6.26 Å². The third kappa shape index (κ3) is 2.32. The van der Waals surface area contributed by atoms with Crippen LogP contribution >= 0.6 is 0 Å². The van der Waals surface area contributed by atoms with Crippen molar-refractivity contribution < 1.29 is 14.0 Å². The monoisotopic (exact) mass is 302 g/mol. The SMILES string of the molecule is O=C(c1ccoc1)N1CCC2(CCCN(CC3CC3)C2=O)C1. The summed E-state index contributed by atoms with van der Waals surface area (Å²) in [6.07, 6.45) is 8.31. The Balaban J connectivity index is 1.47. The molecule has 1 saturated carbocycles. The number of piperidine rings is 1. The van der Waals surface area contributed by atoms with Gasteiger partial charge < -0.3 is 14.2 Å². The summed E-state index contributed by atoms with van der Waals surface area (Å²) in [6.45, 7) is 3.06. The van der Waals surface area contributed by atoms with E-state index in [9.17, 15) is 9.59 Å². The van der Waals surface area contributed by atoms with Crippen LogP contribution in [0, 0.1) is 11.3 Å². The van der Waals surface area contributed by atoms with Crippen LogP contribution < -0.4 is 0 Å². The molecule has 5 nitrogen and oxygen atoms in total. The second-order valence-corrected chi connectivity index (χ2v) is 7.07. The first-order chi connectivity index (χ1) is 10.7. The Bertz CT molecular complexity index is 579. The lowest BCUT2D eigenvalue weighted by atomic mass is 9.78. The van der Waals surface area contributed by atoms with Crippen LogP contribution in [0.2, 0.25) is 0 Å². The predicted octanol–water partition coefficient (Wildman–Crippen LogP) is 2.14. The molecule has 1 aromatic heterocycles. The van der Waals surface area contributed by atoms with Crippen molar-refractivity contribution >= 4 is 11.8 Å². The molecule has 3 fully saturated rings. The Morgan fingerprint density at radius 3 is 2.91 bits per heavy atom. The molecule has 22 heavy (non-hydrogen) atoms. The third-order valence-electron chi connectivity index (χ3n) is 5.41. The Morgan fingerprint density at radius 2 is 2.18 bits per heavy atom. The zero-order valence-electron chi connectivity index (χ0n) is 12.8. The van der Waals surface area contributed by atoms with Gasteiger partial charge in [-0.1, -0.05) is 0 Å². The first-order valence-corrected chi connectivity index (χ1v) is 8.29. The summed E-state index contributed by atoms with van der Waals surface area (Å²) >= 11 is 0. The van der Waals surface area contributed by atoms with E-state index in [1.807, 2.05) is 4.90 Å². The zero-order valence-corrected chi connectivity index (χ0v) is 12.8. The fraction of sp³-hybridized carbons (Fsp3) is 0.647. The van der Waals surface area contributed by atoms with Crippen LogP contribution in [0.25, 0.3) is 0 Å². The lowest BCUT2D eigenvalue weighted by Crippen LogP contribution is -2.50. The number of nitrogens with zero attached hydrogens (tertiary/aromatic N) is 2. The molecule has 3 heterocycles. The van der Waals surface area contributed by atoms with Crippen molar-refractivity contribution in [2.45, 2.75) is 32.1 Å². The Kier molecular flexibility index (Phi) is 3.24. The third-order valence-corrected chi connectivity index (χ3v) is 5.41. The molecular weight excluding hydrogens is 280 g/mol. The topological polar surface area (TPSA) is 53.8 Å². The number of furan rings is 1. The van der Waals surface area contributed by atoms with Crippen LogP contribution in [0.1, 0.15) is 42.5 Å². The molecule has 2 aliphatic heterocycles. The lowest BCUT2D eigenvalue weighted by Gasteiger charge is -2.39. The van der Waals surface area contributed by atoms with Gasteiger partial charge in [0, 0.05) is 26.2 Å². The fourth-order valence-corrected chi connectivity index (χ4v) is 3.93. The van der Waals surface area contributed by atoms with Crippen LogP contribution in [0.3, 0.4) is 0 Å².